The predicted octanol–water partition coefficient (Wildman–Crippen LogP) is 0.761. The van der Waals surface area contributed by atoms with Crippen molar-refractivity contribution in [2.24, 2.45) is 5.84 Å². The molecule has 0 aromatic heterocycles. The zero-order valence-electron chi connectivity index (χ0n) is 7.52. The summed E-state index contributed by atoms with van der Waals surface area (Å²) < 4.78 is 0. The molecule has 0 fully saturated rings. The van der Waals surface area contributed by atoms with E-state index in [0.29, 0.717) is 16.6 Å². The Kier molecular flexibility index (Phi) is 4.34. The van der Waals surface area contributed by atoms with Crippen LogP contribution in [0.2, 0.25) is 0 Å². The Hall–Kier alpha value is -0.620. The third kappa shape index (κ3) is 2.68. The Bertz CT molecular complexity index is 296. The van der Waals surface area contributed by atoms with Gasteiger partial charge in [0.05, 0.1) is 6.10 Å². The molecule has 0 heterocycles. The SMILES string of the molecule is NNc1cccc(C(O)C(O)CBr)c1. The Labute approximate surface area is 90.8 Å². The first-order valence-electron chi connectivity index (χ1n) is 4.17. The quantitative estimate of drug-likeness (QED) is 0.366. The normalized spacial score (nSPS) is 14.9. The number of halogens is 1. The van der Waals surface area contributed by atoms with E-state index in [1.54, 1.807) is 24.3 Å². The Morgan fingerprint density at radius 2 is 2.14 bits per heavy atom. The molecule has 1 aromatic carbocycles. The van der Waals surface area contributed by atoms with Gasteiger partial charge in [-0.1, -0.05) is 28.1 Å². The highest BCUT2D eigenvalue weighted by molar-refractivity contribution is 9.09. The van der Waals surface area contributed by atoms with Gasteiger partial charge in [-0.05, 0) is 17.7 Å². The molecule has 5 N–H and O–H groups in total. The number of hydrogen-bond acceptors (Lipinski definition) is 4. The molecular weight excluding hydrogens is 248 g/mol. The first-order chi connectivity index (χ1) is 6.69. The van der Waals surface area contributed by atoms with Gasteiger partial charge in [-0.2, -0.15) is 0 Å². The van der Waals surface area contributed by atoms with Gasteiger partial charge in [-0.25, -0.2) is 0 Å². The first kappa shape index (κ1) is 11.5. The summed E-state index contributed by atoms with van der Waals surface area (Å²) in [6.45, 7) is 0. The van der Waals surface area contributed by atoms with Gasteiger partial charge >= 0.3 is 0 Å². The van der Waals surface area contributed by atoms with E-state index in [1.165, 1.54) is 0 Å². The molecule has 4 nitrogen and oxygen atoms in total. The minimum absolute atomic E-state index is 0.328. The van der Waals surface area contributed by atoms with Crippen LogP contribution in [-0.2, 0) is 0 Å². The molecule has 0 saturated heterocycles. The lowest BCUT2D eigenvalue weighted by Gasteiger charge is -2.16. The minimum Gasteiger partial charge on any atom is -0.389 e. The van der Waals surface area contributed by atoms with Crippen molar-refractivity contribution in [1.29, 1.82) is 0 Å². The van der Waals surface area contributed by atoms with Crippen molar-refractivity contribution in [2.45, 2.75) is 12.2 Å². The highest BCUT2D eigenvalue weighted by Crippen LogP contribution is 2.20. The Morgan fingerprint density at radius 1 is 1.43 bits per heavy atom. The van der Waals surface area contributed by atoms with Gasteiger partial charge in [0.15, 0.2) is 0 Å². The van der Waals surface area contributed by atoms with Gasteiger partial charge in [0, 0.05) is 11.0 Å². The molecule has 0 amide bonds. The first-order valence-corrected chi connectivity index (χ1v) is 5.30. The fourth-order valence-corrected chi connectivity index (χ4v) is 1.47. The number of benzene rings is 1. The second kappa shape index (κ2) is 5.31. The summed E-state index contributed by atoms with van der Waals surface area (Å²) >= 11 is 3.10. The van der Waals surface area contributed by atoms with E-state index >= 15 is 0 Å². The lowest BCUT2D eigenvalue weighted by atomic mass is 10.1. The van der Waals surface area contributed by atoms with Crippen LogP contribution in [0.15, 0.2) is 24.3 Å². The van der Waals surface area contributed by atoms with Gasteiger partial charge in [-0.15, -0.1) is 0 Å². The van der Waals surface area contributed by atoms with Crippen LogP contribution in [0.3, 0.4) is 0 Å². The average molecular weight is 261 g/mol. The van der Waals surface area contributed by atoms with Crippen LogP contribution in [0.5, 0.6) is 0 Å². The molecule has 5 heteroatoms. The van der Waals surface area contributed by atoms with Crippen LogP contribution in [0.4, 0.5) is 5.69 Å². The van der Waals surface area contributed by atoms with Crippen molar-refractivity contribution in [3.63, 3.8) is 0 Å². The largest absolute Gasteiger partial charge is 0.389 e. The van der Waals surface area contributed by atoms with E-state index in [2.05, 4.69) is 21.4 Å². The van der Waals surface area contributed by atoms with Gasteiger partial charge in [-0.3, -0.25) is 5.84 Å². The van der Waals surface area contributed by atoms with Crippen molar-refractivity contribution in [2.75, 3.05) is 10.8 Å². The van der Waals surface area contributed by atoms with Crippen LogP contribution in [0.1, 0.15) is 11.7 Å². The van der Waals surface area contributed by atoms with E-state index in [4.69, 9.17) is 5.84 Å². The number of nitrogens with one attached hydrogen (secondary N) is 1. The fourth-order valence-electron chi connectivity index (χ4n) is 1.12. The molecule has 1 aromatic rings. The summed E-state index contributed by atoms with van der Waals surface area (Å²) in [5, 5.41) is 19.4. The number of anilines is 1. The van der Waals surface area contributed by atoms with Gasteiger partial charge in [0.2, 0.25) is 0 Å². The number of alkyl halides is 1. The zero-order valence-corrected chi connectivity index (χ0v) is 9.11. The third-order valence-corrected chi connectivity index (χ3v) is 2.58. The molecule has 2 atom stereocenters. The smallest absolute Gasteiger partial charge is 0.106 e. The van der Waals surface area contributed by atoms with E-state index < -0.39 is 12.2 Å². The minimum atomic E-state index is -0.900. The number of nitrogen functional groups attached to an aromatic ring is 1. The maximum atomic E-state index is 9.66. The molecule has 0 aliphatic rings. The average Bonchev–Trinajstić information content (AvgIpc) is 2.27. The highest BCUT2D eigenvalue weighted by Gasteiger charge is 2.16. The number of hydrogen-bond donors (Lipinski definition) is 4. The molecule has 2 unspecified atom stereocenters. The maximum absolute atomic E-state index is 9.66. The number of aliphatic hydroxyl groups excluding tert-OH is 2. The van der Waals surface area contributed by atoms with E-state index in [0.717, 1.165) is 0 Å². The van der Waals surface area contributed by atoms with Crippen molar-refractivity contribution in [3.05, 3.63) is 29.8 Å². The van der Waals surface area contributed by atoms with Crippen molar-refractivity contribution in [1.82, 2.24) is 0 Å². The number of aliphatic hydroxyl groups is 2. The number of nitrogens with two attached hydrogens (primary N) is 1. The van der Waals surface area contributed by atoms with Crippen molar-refractivity contribution in [3.8, 4) is 0 Å². The molecule has 78 valence electrons. The molecule has 0 bridgehead atoms. The van der Waals surface area contributed by atoms with Crippen molar-refractivity contribution >= 4 is 21.6 Å². The molecule has 1 rings (SSSR count). The van der Waals surface area contributed by atoms with E-state index in [1.807, 2.05) is 0 Å². The second-order valence-electron chi connectivity index (χ2n) is 2.94. The van der Waals surface area contributed by atoms with E-state index in [9.17, 15) is 10.2 Å². The number of rotatable bonds is 4. The molecule has 0 spiro atoms. The number of hydrazine groups is 1. The summed E-state index contributed by atoms with van der Waals surface area (Å²) in [7, 11) is 0. The molecule has 14 heavy (non-hydrogen) atoms. The summed E-state index contributed by atoms with van der Waals surface area (Å²) in [5.74, 6) is 5.22. The fraction of sp³-hybridized carbons (Fsp3) is 0.333. The monoisotopic (exact) mass is 260 g/mol. The third-order valence-electron chi connectivity index (χ3n) is 1.92. The van der Waals surface area contributed by atoms with Gasteiger partial charge < -0.3 is 15.6 Å². The van der Waals surface area contributed by atoms with Crippen LogP contribution in [-0.4, -0.2) is 21.6 Å². The van der Waals surface area contributed by atoms with Crippen LogP contribution in [0.25, 0.3) is 0 Å². The van der Waals surface area contributed by atoms with Crippen LogP contribution in [0, 0.1) is 0 Å². The second-order valence-corrected chi connectivity index (χ2v) is 3.58. The highest BCUT2D eigenvalue weighted by atomic mass is 79.9. The zero-order chi connectivity index (χ0) is 10.6. The van der Waals surface area contributed by atoms with Crippen LogP contribution >= 0.6 is 15.9 Å². The molecule has 0 radical (unpaired) electrons. The van der Waals surface area contributed by atoms with Gasteiger partial charge in [0.1, 0.15) is 6.10 Å². The summed E-state index contributed by atoms with van der Waals surface area (Å²) in [6.07, 6.45) is -1.72. The molecule has 0 aliphatic heterocycles. The summed E-state index contributed by atoms with van der Waals surface area (Å²) in [6, 6.07) is 6.96. The maximum Gasteiger partial charge on any atom is 0.106 e. The summed E-state index contributed by atoms with van der Waals surface area (Å²) in [4.78, 5) is 0. The molecular formula is C9H13BrN2O2. The van der Waals surface area contributed by atoms with Crippen LogP contribution < -0.4 is 11.3 Å². The Balaban J connectivity index is 2.83. The lowest BCUT2D eigenvalue weighted by molar-refractivity contribution is 0.0343. The van der Waals surface area contributed by atoms with E-state index in [-0.39, 0.29) is 0 Å². The standard InChI is InChI=1S/C9H13BrN2O2/c10-5-8(13)9(14)6-2-1-3-7(4-6)12-11/h1-4,8-9,12-14H,5,11H2. The lowest BCUT2D eigenvalue weighted by Crippen LogP contribution is -2.19. The molecule has 0 aliphatic carbocycles. The Morgan fingerprint density at radius 3 is 2.71 bits per heavy atom. The summed E-state index contributed by atoms with van der Waals surface area (Å²) in [5.41, 5.74) is 3.80. The van der Waals surface area contributed by atoms with Crippen molar-refractivity contribution < 1.29 is 10.2 Å². The topological polar surface area (TPSA) is 78.5 Å². The van der Waals surface area contributed by atoms with Gasteiger partial charge in [0.25, 0.3) is 0 Å². The molecule has 0 saturated carbocycles. The predicted molar refractivity (Wildman–Crippen MR) is 59.0 cm³/mol.